The third kappa shape index (κ3) is 4.17. The Bertz CT molecular complexity index is 528. The number of nitrogens with zero attached hydrogens (tertiary/aromatic N) is 1. The molecule has 0 aliphatic heterocycles. The van der Waals surface area contributed by atoms with Crippen molar-refractivity contribution in [3.05, 3.63) is 70.2 Å². The Balaban J connectivity index is 2.00. The molecule has 0 saturated heterocycles. The second-order valence-electron chi connectivity index (χ2n) is 5.13. The van der Waals surface area contributed by atoms with Gasteiger partial charge in [0.2, 0.25) is 0 Å². The average molecular weight is 333 g/mol. The summed E-state index contributed by atoms with van der Waals surface area (Å²) in [6, 6.07) is 18.9. The maximum Gasteiger partial charge on any atom is 0.0242 e. The molecule has 0 spiro atoms. The fraction of sp³-hybridized carbons (Fsp3) is 0.294. The molecule has 0 bridgehead atoms. The van der Waals surface area contributed by atoms with Crippen LogP contribution in [0.5, 0.6) is 0 Å². The zero-order valence-corrected chi connectivity index (χ0v) is 13.4. The van der Waals surface area contributed by atoms with E-state index in [-0.39, 0.29) is 0 Å². The Hall–Kier alpha value is -1.16. The first-order valence-corrected chi connectivity index (χ1v) is 7.67. The van der Waals surface area contributed by atoms with Crippen LogP contribution in [0.15, 0.2) is 59.1 Å². The van der Waals surface area contributed by atoms with E-state index in [2.05, 4.69) is 70.3 Å². The average Bonchev–Trinajstić information content (AvgIpc) is 2.48. The fourth-order valence-corrected chi connectivity index (χ4v) is 2.81. The molecule has 0 fully saturated rings. The minimum Gasteiger partial charge on any atom is -0.330 e. The molecule has 2 nitrogen and oxygen atoms in total. The van der Waals surface area contributed by atoms with Crippen LogP contribution >= 0.6 is 15.9 Å². The molecule has 2 rings (SSSR count). The first-order valence-electron chi connectivity index (χ1n) is 6.87. The molecule has 1 atom stereocenters. The van der Waals surface area contributed by atoms with Crippen LogP contribution < -0.4 is 5.73 Å². The lowest BCUT2D eigenvalue weighted by atomic mass is 9.98. The van der Waals surface area contributed by atoms with E-state index in [1.54, 1.807) is 0 Å². The SMILES string of the molecule is CN(Cc1ccccc1Br)CC(CN)c1ccccc1. The Labute approximate surface area is 129 Å². The molecule has 0 aromatic heterocycles. The van der Waals surface area contributed by atoms with Gasteiger partial charge in [-0.25, -0.2) is 0 Å². The van der Waals surface area contributed by atoms with E-state index in [1.807, 2.05) is 12.1 Å². The van der Waals surface area contributed by atoms with E-state index >= 15 is 0 Å². The zero-order valence-electron chi connectivity index (χ0n) is 11.8. The third-order valence-corrected chi connectivity index (χ3v) is 4.26. The Kier molecular flexibility index (Phi) is 5.77. The molecule has 0 aliphatic rings. The van der Waals surface area contributed by atoms with E-state index in [4.69, 9.17) is 5.73 Å². The molecule has 2 aromatic rings. The first-order chi connectivity index (χ1) is 9.70. The quantitative estimate of drug-likeness (QED) is 0.875. The van der Waals surface area contributed by atoms with Crippen molar-refractivity contribution < 1.29 is 0 Å². The molecule has 2 aromatic carbocycles. The van der Waals surface area contributed by atoms with Gasteiger partial charge in [-0.3, -0.25) is 0 Å². The lowest BCUT2D eigenvalue weighted by Crippen LogP contribution is -2.28. The van der Waals surface area contributed by atoms with Gasteiger partial charge in [-0.1, -0.05) is 64.5 Å². The number of hydrogen-bond acceptors (Lipinski definition) is 2. The monoisotopic (exact) mass is 332 g/mol. The van der Waals surface area contributed by atoms with Crippen LogP contribution in [0.25, 0.3) is 0 Å². The lowest BCUT2D eigenvalue weighted by molar-refractivity contribution is 0.304. The lowest BCUT2D eigenvalue weighted by Gasteiger charge is -2.24. The number of rotatable bonds is 6. The summed E-state index contributed by atoms with van der Waals surface area (Å²) >= 11 is 3.60. The highest BCUT2D eigenvalue weighted by atomic mass is 79.9. The van der Waals surface area contributed by atoms with Gasteiger partial charge in [-0.15, -0.1) is 0 Å². The van der Waals surface area contributed by atoms with Gasteiger partial charge < -0.3 is 10.6 Å². The highest BCUT2D eigenvalue weighted by Crippen LogP contribution is 2.20. The predicted octanol–water partition coefficient (Wildman–Crippen LogP) is 3.62. The summed E-state index contributed by atoms with van der Waals surface area (Å²) in [5.74, 6) is 0.378. The molecule has 3 heteroatoms. The molecule has 0 heterocycles. The summed E-state index contributed by atoms with van der Waals surface area (Å²) in [4.78, 5) is 2.32. The molecule has 0 amide bonds. The van der Waals surface area contributed by atoms with E-state index in [0.29, 0.717) is 12.5 Å². The molecule has 20 heavy (non-hydrogen) atoms. The second kappa shape index (κ2) is 7.58. The van der Waals surface area contributed by atoms with Gasteiger partial charge in [0.25, 0.3) is 0 Å². The van der Waals surface area contributed by atoms with Crippen LogP contribution in [0.4, 0.5) is 0 Å². The van der Waals surface area contributed by atoms with Crippen LogP contribution in [-0.2, 0) is 6.54 Å². The maximum absolute atomic E-state index is 5.94. The van der Waals surface area contributed by atoms with E-state index in [1.165, 1.54) is 11.1 Å². The Morgan fingerprint density at radius 3 is 2.35 bits per heavy atom. The zero-order chi connectivity index (χ0) is 14.4. The van der Waals surface area contributed by atoms with Crippen LogP contribution in [0.2, 0.25) is 0 Å². The standard InChI is InChI=1S/C17H21BrN2/c1-20(12-15-9-5-6-10-17(15)18)13-16(11-19)14-7-3-2-4-8-14/h2-10,16H,11-13,19H2,1H3. The maximum atomic E-state index is 5.94. The minimum absolute atomic E-state index is 0.378. The van der Waals surface area contributed by atoms with Gasteiger partial charge >= 0.3 is 0 Å². The smallest absolute Gasteiger partial charge is 0.0242 e. The normalized spacial score (nSPS) is 12.6. The largest absolute Gasteiger partial charge is 0.330 e. The molecule has 0 radical (unpaired) electrons. The molecule has 0 aliphatic carbocycles. The van der Waals surface area contributed by atoms with Crippen molar-refractivity contribution in [2.75, 3.05) is 20.1 Å². The van der Waals surface area contributed by atoms with Gasteiger partial charge in [-0.2, -0.15) is 0 Å². The van der Waals surface area contributed by atoms with Crippen LogP contribution in [0.3, 0.4) is 0 Å². The second-order valence-corrected chi connectivity index (χ2v) is 5.99. The summed E-state index contributed by atoms with van der Waals surface area (Å²) < 4.78 is 1.16. The number of nitrogens with two attached hydrogens (primary N) is 1. The third-order valence-electron chi connectivity index (χ3n) is 3.49. The van der Waals surface area contributed by atoms with E-state index in [0.717, 1.165) is 17.6 Å². The van der Waals surface area contributed by atoms with Gasteiger partial charge in [0.1, 0.15) is 0 Å². The van der Waals surface area contributed by atoms with Crippen molar-refractivity contribution >= 4 is 15.9 Å². The van der Waals surface area contributed by atoms with Crippen LogP contribution in [0.1, 0.15) is 17.0 Å². The summed E-state index contributed by atoms with van der Waals surface area (Å²) in [7, 11) is 2.14. The summed E-state index contributed by atoms with van der Waals surface area (Å²) in [5.41, 5.74) is 8.56. The highest BCUT2D eigenvalue weighted by Gasteiger charge is 2.13. The van der Waals surface area contributed by atoms with E-state index in [9.17, 15) is 0 Å². The predicted molar refractivity (Wildman–Crippen MR) is 88.7 cm³/mol. The van der Waals surface area contributed by atoms with Gasteiger partial charge in [0, 0.05) is 30.0 Å². The summed E-state index contributed by atoms with van der Waals surface area (Å²) in [6.07, 6.45) is 0. The molecular formula is C17H21BrN2. The number of likely N-dealkylation sites (N-methyl/N-ethyl adjacent to an activating group) is 1. The van der Waals surface area contributed by atoms with Crippen LogP contribution in [-0.4, -0.2) is 25.0 Å². The fourth-order valence-electron chi connectivity index (χ4n) is 2.40. The summed E-state index contributed by atoms with van der Waals surface area (Å²) in [5, 5.41) is 0. The Morgan fingerprint density at radius 1 is 1.05 bits per heavy atom. The van der Waals surface area contributed by atoms with Gasteiger partial charge in [0.15, 0.2) is 0 Å². The Morgan fingerprint density at radius 2 is 1.70 bits per heavy atom. The number of halogens is 1. The van der Waals surface area contributed by atoms with Crippen molar-refractivity contribution in [1.82, 2.24) is 4.90 Å². The van der Waals surface area contributed by atoms with Crippen molar-refractivity contribution in [3.8, 4) is 0 Å². The number of hydrogen-bond donors (Lipinski definition) is 1. The first kappa shape index (κ1) is 15.2. The van der Waals surface area contributed by atoms with Crippen molar-refractivity contribution in [1.29, 1.82) is 0 Å². The highest BCUT2D eigenvalue weighted by molar-refractivity contribution is 9.10. The topological polar surface area (TPSA) is 29.3 Å². The van der Waals surface area contributed by atoms with Crippen molar-refractivity contribution in [2.45, 2.75) is 12.5 Å². The van der Waals surface area contributed by atoms with Crippen LogP contribution in [0, 0.1) is 0 Å². The van der Waals surface area contributed by atoms with Crippen molar-refractivity contribution in [2.24, 2.45) is 5.73 Å². The molecule has 2 N–H and O–H groups in total. The molecular weight excluding hydrogens is 312 g/mol. The minimum atomic E-state index is 0.378. The number of benzene rings is 2. The van der Waals surface area contributed by atoms with Gasteiger partial charge in [0.05, 0.1) is 0 Å². The molecule has 1 unspecified atom stereocenters. The van der Waals surface area contributed by atoms with E-state index < -0.39 is 0 Å². The molecule has 106 valence electrons. The van der Waals surface area contributed by atoms with Crippen molar-refractivity contribution in [3.63, 3.8) is 0 Å². The van der Waals surface area contributed by atoms with Gasteiger partial charge in [-0.05, 0) is 24.2 Å². The molecule has 0 saturated carbocycles. The summed E-state index contributed by atoms with van der Waals surface area (Å²) in [6.45, 7) is 2.55.